The molecule has 6 heteroatoms. The van der Waals surface area contributed by atoms with Crippen LogP contribution in [0.25, 0.3) is 0 Å². The first kappa shape index (κ1) is 24.8. The molecule has 0 atom stereocenters. The molecule has 36 heavy (non-hydrogen) atoms. The second-order valence-corrected chi connectivity index (χ2v) is 8.10. The van der Waals surface area contributed by atoms with E-state index in [-0.39, 0.29) is 0 Å². The van der Waals surface area contributed by atoms with E-state index in [1.807, 2.05) is 48.5 Å². The molecule has 0 aromatic heterocycles. The molecule has 6 nitrogen and oxygen atoms in total. The highest BCUT2D eigenvalue weighted by Gasteiger charge is 2.15. The average molecular weight is 485 g/mol. The van der Waals surface area contributed by atoms with Crippen LogP contribution in [0.3, 0.4) is 0 Å². The lowest BCUT2D eigenvalue weighted by molar-refractivity contribution is 0.414. The first-order chi connectivity index (χ1) is 17.6. The van der Waals surface area contributed by atoms with Gasteiger partial charge in [0.15, 0.2) is 0 Å². The fourth-order valence-electron chi connectivity index (χ4n) is 4.06. The summed E-state index contributed by atoms with van der Waals surface area (Å²) in [6.45, 7) is 1.47. The summed E-state index contributed by atoms with van der Waals surface area (Å²) in [6.07, 6.45) is 0. The van der Waals surface area contributed by atoms with Crippen molar-refractivity contribution in [3.05, 3.63) is 97.1 Å². The van der Waals surface area contributed by atoms with Gasteiger partial charge in [0.1, 0.15) is 23.0 Å². The molecule has 4 rings (SSSR count). The normalized spacial score (nSPS) is 10.4. The highest BCUT2D eigenvalue weighted by atomic mass is 16.5. The molecular formula is C30H32N2O4. The summed E-state index contributed by atoms with van der Waals surface area (Å²) >= 11 is 0. The Morgan fingerprint density at radius 1 is 0.361 bits per heavy atom. The standard InChI is InChI=1S/C30H32N2O4/c1-33-27-13-5-23(6-14-27)31(24-7-15-28(34-2)16-8-24)21-22-32(25-9-17-29(35-3)18-10-25)26-11-19-30(36-4)20-12-26/h5-20H,21-22H2,1-4H3. The van der Waals surface area contributed by atoms with Gasteiger partial charge in [0.05, 0.1) is 28.4 Å². The van der Waals surface area contributed by atoms with E-state index in [9.17, 15) is 0 Å². The molecule has 186 valence electrons. The predicted octanol–water partition coefficient (Wildman–Crippen LogP) is 6.70. The minimum Gasteiger partial charge on any atom is -0.497 e. The Kier molecular flexibility index (Phi) is 8.19. The van der Waals surface area contributed by atoms with Crippen LogP contribution in [0, 0.1) is 0 Å². The number of ether oxygens (including phenoxy) is 4. The molecule has 4 aromatic carbocycles. The van der Waals surface area contributed by atoms with E-state index in [4.69, 9.17) is 18.9 Å². The lowest BCUT2D eigenvalue weighted by atomic mass is 10.2. The van der Waals surface area contributed by atoms with Crippen molar-refractivity contribution in [2.24, 2.45) is 0 Å². The Bertz CT molecular complexity index is 1010. The van der Waals surface area contributed by atoms with Crippen LogP contribution in [0.4, 0.5) is 22.7 Å². The zero-order chi connectivity index (χ0) is 25.3. The van der Waals surface area contributed by atoms with E-state index in [1.165, 1.54) is 0 Å². The Labute approximate surface area is 213 Å². The third-order valence-corrected chi connectivity index (χ3v) is 6.08. The van der Waals surface area contributed by atoms with E-state index < -0.39 is 0 Å². The van der Waals surface area contributed by atoms with Gasteiger partial charge in [-0.2, -0.15) is 0 Å². The third-order valence-electron chi connectivity index (χ3n) is 6.08. The zero-order valence-corrected chi connectivity index (χ0v) is 21.2. The SMILES string of the molecule is COc1ccc(N(CCN(c2ccc(OC)cc2)c2ccc(OC)cc2)c2ccc(OC)cc2)cc1. The fraction of sp³-hybridized carbons (Fsp3) is 0.200. The van der Waals surface area contributed by atoms with Gasteiger partial charge < -0.3 is 28.7 Å². The second-order valence-electron chi connectivity index (χ2n) is 8.10. The first-order valence-electron chi connectivity index (χ1n) is 11.8. The smallest absolute Gasteiger partial charge is 0.119 e. The second kappa shape index (κ2) is 11.9. The van der Waals surface area contributed by atoms with Gasteiger partial charge in [-0.3, -0.25) is 0 Å². The topological polar surface area (TPSA) is 43.4 Å². The van der Waals surface area contributed by atoms with Crippen LogP contribution in [0.2, 0.25) is 0 Å². The van der Waals surface area contributed by atoms with Crippen molar-refractivity contribution in [3.63, 3.8) is 0 Å². The summed E-state index contributed by atoms with van der Waals surface area (Å²) in [4.78, 5) is 4.58. The molecular weight excluding hydrogens is 452 g/mol. The lowest BCUT2D eigenvalue weighted by Crippen LogP contribution is -2.30. The molecule has 0 aliphatic rings. The predicted molar refractivity (Wildman–Crippen MR) is 146 cm³/mol. The molecule has 0 bridgehead atoms. The Morgan fingerprint density at radius 3 is 0.722 bits per heavy atom. The molecule has 0 aliphatic carbocycles. The van der Waals surface area contributed by atoms with Gasteiger partial charge in [-0.25, -0.2) is 0 Å². The Hall–Kier alpha value is -4.32. The molecule has 0 fully saturated rings. The molecule has 0 heterocycles. The molecule has 0 N–H and O–H groups in total. The first-order valence-corrected chi connectivity index (χ1v) is 11.8. The molecule has 0 spiro atoms. The van der Waals surface area contributed by atoms with Crippen molar-refractivity contribution in [2.45, 2.75) is 0 Å². The van der Waals surface area contributed by atoms with Gasteiger partial charge in [0, 0.05) is 35.8 Å². The van der Waals surface area contributed by atoms with Gasteiger partial charge in [0.25, 0.3) is 0 Å². The van der Waals surface area contributed by atoms with E-state index >= 15 is 0 Å². The van der Waals surface area contributed by atoms with Crippen LogP contribution in [0.15, 0.2) is 97.1 Å². The van der Waals surface area contributed by atoms with E-state index in [2.05, 4.69) is 58.3 Å². The van der Waals surface area contributed by atoms with Crippen molar-refractivity contribution in [3.8, 4) is 23.0 Å². The van der Waals surface area contributed by atoms with Crippen LogP contribution in [0.5, 0.6) is 23.0 Å². The van der Waals surface area contributed by atoms with Gasteiger partial charge in [0.2, 0.25) is 0 Å². The summed E-state index contributed by atoms with van der Waals surface area (Å²) < 4.78 is 21.5. The van der Waals surface area contributed by atoms with E-state index in [0.717, 1.165) is 58.8 Å². The third kappa shape index (κ3) is 5.84. The van der Waals surface area contributed by atoms with Gasteiger partial charge in [-0.05, 0) is 97.1 Å². The summed E-state index contributed by atoms with van der Waals surface area (Å²) in [7, 11) is 6.71. The van der Waals surface area contributed by atoms with Gasteiger partial charge >= 0.3 is 0 Å². The summed E-state index contributed by atoms with van der Waals surface area (Å²) in [5.74, 6) is 3.30. The number of hydrogen-bond donors (Lipinski definition) is 0. The molecule has 0 saturated carbocycles. The van der Waals surface area contributed by atoms with Crippen LogP contribution < -0.4 is 28.7 Å². The molecule has 4 aromatic rings. The van der Waals surface area contributed by atoms with Crippen LogP contribution in [-0.2, 0) is 0 Å². The number of benzene rings is 4. The highest BCUT2D eigenvalue weighted by molar-refractivity contribution is 5.67. The highest BCUT2D eigenvalue weighted by Crippen LogP contribution is 2.32. The van der Waals surface area contributed by atoms with Crippen LogP contribution in [0.1, 0.15) is 0 Å². The maximum atomic E-state index is 5.37. The van der Waals surface area contributed by atoms with Crippen molar-refractivity contribution in [1.29, 1.82) is 0 Å². The number of rotatable bonds is 11. The molecule has 0 unspecified atom stereocenters. The Morgan fingerprint density at radius 2 is 0.556 bits per heavy atom. The number of anilines is 4. The van der Waals surface area contributed by atoms with Crippen molar-refractivity contribution < 1.29 is 18.9 Å². The van der Waals surface area contributed by atoms with Gasteiger partial charge in [-0.1, -0.05) is 0 Å². The number of nitrogens with zero attached hydrogens (tertiary/aromatic N) is 2. The Balaban J connectivity index is 1.67. The minimum atomic E-state index is 0.733. The molecule has 0 amide bonds. The van der Waals surface area contributed by atoms with Gasteiger partial charge in [-0.15, -0.1) is 0 Å². The van der Waals surface area contributed by atoms with E-state index in [1.54, 1.807) is 28.4 Å². The number of hydrogen-bond acceptors (Lipinski definition) is 6. The summed E-state index contributed by atoms with van der Waals surface area (Å²) in [6, 6.07) is 32.5. The monoisotopic (exact) mass is 484 g/mol. The quantitative estimate of drug-likeness (QED) is 0.236. The van der Waals surface area contributed by atoms with E-state index in [0.29, 0.717) is 0 Å². The average Bonchev–Trinajstić information content (AvgIpc) is 2.96. The van der Waals surface area contributed by atoms with Crippen molar-refractivity contribution in [2.75, 3.05) is 51.3 Å². The maximum absolute atomic E-state index is 5.37. The van der Waals surface area contributed by atoms with Crippen LogP contribution >= 0.6 is 0 Å². The van der Waals surface area contributed by atoms with Crippen molar-refractivity contribution >= 4 is 22.7 Å². The van der Waals surface area contributed by atoms with Crippen LogP contribution in [-0.4, -0.2) is 41.5 Å². The van der Waals surface area contributed by atoms with Crippen molar-refractivity contribution in [1.82, 2.24) is 0 Å². The zero-order valence-electron chi connectivity index (χ0n) is 21.2. The summed E-state index contributed by atoms with van der Waals surface area (Å²) in [5.41, 5.74) is 4.30. The maximum Gasteiger partial charge on any atom is 0.119 e. The number of methoxy groups -OCH3 is 4. The molecule has 0 radical (unpaired) electrons. The largest absolute Gasteiger partial charge is 0.497 e. The lowest BCUT2D eigenvalue weighted by Gasteiger charge is -2.31. The minimum absolute atomic E-state index is 0.733. The fourth-order valence-corrected chi connectivity index (χ4v) is 4.06. The molecule has 0 saturated heterocycles. The summed E-state index contributed by atoms with van der Waals surface area (Å²) in [5, 5.41) is 0. The molecule has 0 aliphatic heterocycles.